The molecule has 0 aliphatic rings. The summed E-state index contributed by atoms with van der Waals surface area (Å²) in [5.41, 5.74) is 5.24. The minimum atomic E-state index is 0.389. The molecule has 1 rings (SSSR count). The van der Waals surface area contributed by atoms with Gasteiger partial charge in [-0.2, -0.15) is 5.10 Å². The van der Waals surface area contributed by atoms with Gasteiger partial charge in [-0.3, -0.25) is 0 Å². The van der Waals surface area contributed by atoms with Crippen molar-refractivity contribution in [3.8, 4) is 0 Å². The van der Waals surface area contributed by atoms with E-state index in [4.69, 9.17) is 17.3 Å². The van der Waals surface area contributed by atoms with Gasteiger partial charge in [-0.05, 0) is 11.6 Å². The zero-order valence-electron chi connectivity index (χ0n) is 4.79. The highest BCUT2D eigenvalue weighted by molar-refractivity contribution is 6.28. The van der Waals surface area contributed by atoms with Crippen LogP contribution in [0.15, 0.2) is 6.33 Å². The first kappa shape index (κ1) is 6.51. The zero-order valence-corrected chi connectivity index (χ0v) is 5.54. The van der Waals surface area contributed by atoms with Gasteiger partial charge in [0.2, 0.25) is 5.28 Å². The number of nitrogens with two attached hydrogens (primary N) is 1. The number of rotatable bonds is 2. The van der Waals surface area contributed by atoms with E-state index in [1.165, 1.54) is 6.33 Å². The van der Waals surface area contributed by atoms with Crippen molar-refractivity contribution in [1.82, 2.24) is 14.8 Å². The van der Waals surface area contributed by atoms with Crippen LogP contribution in [-0.2, 0) is 6.54 Å². The number of halogens is 1. The standard InChI is InChI=1S/C4H7ClN4/c5-4-7-3-8-9(4)2-1-6/h3H,1-2,6H2. The highest BCUT2D eigenvalue weighted by Crippen LogP contribution is 1.99. The lowest BCUT2D eigenvalue weighted by Gasteiger charge is -1.95. The molecule has 5 heteroatoms. The second-order valence-corrected chi connectivity index (χ2v) is 1.88. The van der Waals surface area contributed by atoms with E-state index in [0.29, 0.717) is 18.4 Å². The van der Waals surface area contributed by atoms with Gasteiger partial charge in [-0.15, -0.1) is 0 Å². The smallest absolute Gasteiger partial charge is 0.220 e. The molecule has 0 unspecified atom stereocenters. The molecule has 0 atom stereocenters. The Morgan fingerprint density at radius 1 is 1.78 bits per heavy atom. The minimum absolute atomic E-state index is 0.389. The number of hydrogen-bond donors (Lipinski definition) is 1. The van der Waals surface area contributed by atoms with Crippen LogP contribution in [0.5, 0.6) is 0 Å². The molecular formula is C4H7ClN4. The van der Waals surface area contributed by atoms with Gasteiger partial charge < -0.3 is 5.73 Å². The van der Waals surface area contributed by atoms with Gasteiger partial charge in [0.25, 0.3) is 0 Å². The Labute approximate surface area is 57.6 Å². The van der Waals surface area contributed by atoms with Crippen LogP contribution >= 0.6 is 11.6 Å². The first-order valence-electron chi connectivity index (χ1n) is 2.58. The van der Waals surface area contributed by atoms with Gasteiger partial charge in [0.1, 0.15) is 6.33 Å². The van der Waals surface area contributed by atoms with Crippen molar-refractivity contribution in [3.63, 3.8) is 0 Å². The summed E-state index contributed by atoms with van der Waals surface area (Å²) in [6.07, 6.45) is 1.40. The number of aromatic nitrogens is 3. The SMILES string of the molecule is NCCn1ncnc1Cl. The summed E-state index contributed by atoms with van der Waals surface area (Å²) in [4.78, 5) is 3.70. The summed E-state index contributed by atoms with van der Waals surface area (Å²) in [5, 5.41) is 4.19. The van der Waals surface area contributed by atoms with Gasteiger partial charge >= 0.3 is 0 Å². The molecule has 4 nitrogen and oxygen atoms in total. The van der Waals surface area contributed by atoms with E-state index >= 15 is 0 Å². The second-order valence-electron chi connectivity index (χ2n) is 1.54. The molecule has 50 valence electrons. The molecule has 0 bridgehead atoms. The Hall–Kier alpha value is -0.610. The predicted octanol–water partition coefficient (Wildman–Crippen LogP) is -0.110. The highest BCUT2D eigenvalue weighted by atomic mass is 35.5. The molecule has 0 saturated heterocycles. The summed E-state index contributed by atoms with van der Waals surface area (Å²) in [6, 6.07) is 0. The Kier molecular flexibility index (Phi) is 2.02. The minimum Gasteiger partial charge on any atom is -0.329 e. The van der Waals surface area contributed by atoms with Crippen molar-refractivity contribution < 1.29 is 0 Å². The van der Waals surface area contributed by atoms with E-state index in [1.54, 1.807) is 4.68 Å². The zero-order chi connectivity index (χ0) is 6.69. The van der Waals surface area contributed by atoms with Crippen LogP contribution in [-0.4, -0.2) is 21.3 Å². The molecule has 0 aromatic carbocycles. The first-order chi connectivity index (χ1) is 4.34. The molecule has 9 heavy (non-hydrogen) atoms. The van der Waals surface area contributed by atoms with Crippen molar-refractivity contribution >= 4 is 11.6 Å². The lowest BCUT2D eigenvalue weighted by Crippen LogP contribution is -2.10. The second kappa shape index (κ2) is 2.80. The van der Waals surface area contributed by atoms with E-state index in [-0.39, 0.29) is 0 Å². The molecular weight excluding hydrogens is 140 g/mol. The fraction of sp³-hybridized carbons (Fsp3) is 0.500. The summed E-state index contributed by atoms with van der Waals surface area (Å²) in [7, 11) is 0. The Balaban J connectivity index is 2.69. The van der Waals surface area contributed by atoms with Gasteiger partial charge in [-0.25, -0.2) is 9.67 Å². The number of nitrogens with zero attached hydrogens (tertiary/aromatic N) is 3. The summed E-state index contributed by atoms with van der Waals surface area (Å²) in [5.74, 6) is 0. The average Bonchev–Trinajstić information content (AvgIpc) is 2.18. The van der Waals surface area contributed by atoms with E-state index in [9.17, 15) is 0 Å². The number of hydrogen-bond acceptors (Lipinski definition) is 3. The lowest BCUT2D eigenvalue weighted by molar-refractivity contribution is 0.624. The van der Waals surface area contributed by atoms with E-state index < -0.39 is 0 Å². The molecule has 1 aromatic heterocycles. The van der Waals surface area contributed by atoms with Crippen LogP contribution in [0.1, 0.15) is 0 Å². The Morgan fingerprint density at radius 3 is 3.00 bits per heavy atom. The fourth-order valence-electron chi connectivity index (χ4n) is 0.522. The maximum atomic E-state index is 5.55. The van der Waals surface area contributed by atoms with Crippen LogP contribution in [0.2, 0.25) is 5.28 Å². The van der Waals surface area contributed by atoms with Gasteiger partial charge in [0.05, 0.1) is 6.54 Å². The molecule has 0 saturated carbocycles. The molecule has 0 aliphatic carbocycles. The molecule has 0 radical (unpaired) electrons. The topological polar surface area (TPSA) is 56.7 Å². The maximum Gasteiger partial charge on any atom is 0.220 e. The third-order valence-corrected chi connectivity index (χ3v) is 1.20. The van der Waals surface area contributed by atoms with Gasteiger partial charge in [0, 0.05) is 6.54 Å². The molecule has 0 spiro atoms. The largest absolute Gasteiger partial charge is 0.329 e. The molecule has 0 aliphatic heterocycles. The highest BCUT2D eigenvalue weighted by Gasteiger charge is 1.95. The van der Waals surface area contributed by atoms with Crippen LogP contribution in [0.4, 0.5) is 0 Å². The monoisotopic (exact) mass is 146 g/mol. The molecule has 0 fully saturated rings. The summed E-state index contributed by atoms with van der Waals surface area (Å²) in [6.45, 7) is 1.15. The first-order valence-corrected chi connectivity index (χ1v) is 2.96. The van der Waals surface area contributed by atoms with Crippen LogP contribution in [0.25, 0.3) is 0 Å². The van der Waals surface area contributed by atoms with E-state index in [1.807, 2.05) is 0 Å². The normalized spacial score (nSPS) is 10.0. The fourth-order valence-corrected chi connectivity index (χ4v) is 0.694. The van der Waals surface area contributed by atoms with Gasteiger partial charge in [-0.1, -0.05) is 0 Å². The molecule has 1 heterocycles. The van der Waals surface area contributed by atoms with Gasteiger partial charge in [0.15, 0.2) is 0 Å². The molecule has 0 amide bonds. The summed E-state index contributed by atoms with van der Waals surface area (Å²) >= 11 is 5.55. The Morgan fingerprint density at radius 2 is 2.56 bits per heavy atom. The summed E-state index contributed by atoms with van der Waals surface area (Å²) < 4.78 is 1.54. The van der Waals surface area contributed by atoms with Crippen molar-refractivity contribution in [2.24, 2.45) is 5.73 Å². The van der Waals surface area contributed by atoms with Crippen LogP contribution < -0.4 is 5.73 Å². The van der Waals surface area contributed by atoms with Crippen molar-refractivity contribution in [2.45, 2.75) is 6.54 Å². The quantitative estimate of drug-likeness (QED) is 0.634. The van der Waals surface area contributed by atoms with Crippen molar-refractivity contribution in [2.75, 3.05) is 6.54 Å². The van der Waals surface area contributed by atoms with Crippen LogP contribution in [0.3, 0.4) is 0 Å². The lowest BCUT2D eigenvalue weighted by atomic mass is 10.7. The molecule has 2 N–H and O–H groups in total. The molecule has 1 aromatic rings. The maximum absolute atomic E-state index is 5.55. The third kappa shape index (κ3) is 1.40. The van der Waals surface area contributed by atoms with Crippen molar-refractivity contribution in [1.29, 1.82) is 0 Å². The average molecular weight is 147 g/mol. The van der Waals surface area contributed by atoms with E-state index in [2.05, 4.69) is 10.1 Å². The van der Waals surface area contributed by atoms with Crippen LogP contribution in [0, 0.1) is 0 Å². The van der Waals surface area contributed by atoms with Crippen molar-refractivity contribution in [3.05, 3.63) is 11.6 Å². The van der Waals surface area contributed by atoms with E-state index in [0.717, 1.165) is 0 Å². The predicted molar refractivity (Wildman–Crippen MR) is 34.1 cm³/mol. The Bertz CT molecular complexity index is 184. The third-order valence-electron chi connectivity index (χ3n) is 0.909.